The number of aryl methyl sites for hydroxylation is 1. The van der Waals surface area contributed by atoms with Gasteiger partial charge in [-0.1, -0.05) is 23.2 Å². The van der Waals surface area contributed by atoms with Crippen LogP contribution in [0.1, 0.15) is 5.69 Å². The van der Waals surface area contributed by atoms with Crippen LogP contribution in [0.3, 0.4) is 0 Å². The molecule has 1 heterocycles. The van der Waals surface area contributed by atoms with E-state index >= 15 is 0 Å². The Balaban J connectivity index is 2.96. The number of rotatable bonds is 1. The normalized spacial score (nSPS) is 10.8. The van der Waals surface area contributed by atoms with Crippen molar-refractivity contribution in [3.05, 3.63) is 31.4 Å². The Morgan fingerprint density at radius 1 is 1.31 bits per heavy atom. The molecule has 84 valence electrons. The maximum Gasteiger partial charge on any atom is 0.144 e. The van der Waals surface area contributed by atoms with E-state index in [1.54, 1.807) is 19.2 Å². The lowest BCUT2D eigenvalue weighted by Gasteiger charge is -2.11. The molecule has 16 heavy (non-hydrogen) atoms. The number of nitrogens with zero attached hydrogens (tertiary/aromatic N) is 1. The van der Waals surface area contributed by atoms with Crippen molar-refractivity contribution in [2.75, 3.05) is 7.11 Å². The van der Waals surface area contributed by atoms with E-state index in [-0.39, 0.29) is 0 Å². The number of fused-ring (bicyclic) bond motifs is 1. The molecule has 0 aliphatic carbocycles. The van der Waals surface area contributed by atoms with Gasteiger partial charge in [-0.2, -0.15) is 0 Å². The van der Waals surface area contributed by atoms with Crippen molar-refractivity contribution in [3.8, 4) is 5.75 Å². The second kappa shape index (κ2) is 4.55. The second-order valence-corrected chi connectivity index (χ2v) is 5.25. The fourth-order valence-corrected chi connectivity index (χ4v) is 2.75. The van der Waals surface area contributed by atoms with Gasteiger partial charge >= 0.3 is 0 Å². The van der Waals surface area contributed by atoms with Crippen molar-refractivity contribution in [1.82, 2.24) is 4.98 Å². The molecule has 0 N–H and O–H groups in total. The summed E-state index contributed by atoms with van der Waals surface area (Å²) in [4.78, 5) is 4.45. The maximum atomic E-state index is 6.16. The summed E-state index contributed by atoms with van der Waals surface area (Å²) in [6.45, 7) is 1.93. The number of halogens is 3. The van der Waals surface area contributed by atoms with E-state index in [0.29, 0.717) is 10.0 Å². The van der Waals surface area contributed by atoms with Crippen LogP contribution in [0, 0.1) is 10.5 Å². The van der Waals surface area contributed by atoms with E-state index in [0.717, 1.165) is 25.9 Å². The third-order valence-corrected chi connectivity index (χ3v) is 4.06. The third kappa shape index (κ3) is 1.96. The van der Waals surface area contributed by atoms with E-state index in [9.17, 15) is 0 Å². The number of methoxy groups -OCH3 is 1. The Bertz CT molecular complexity index is 572. The van der Waals surface area contributed by atoms with Crippen molar-refractivity contribution in [3.63, 3.8) is 0 Å². The predicted molar refractivity (Wildman–Crippen MR) is 75.8 cm³/mol. The molecule has 2 nitrogen and oxygen atoms in total. The summed E-state index contributed by atoms with van der Waals surface area (Å²) < 4.78 is 6.35. The highest BCUT2D eigenvalue weighted by atomic mass is 127. The smallest absolute Gasteiger partial charge is 0.144 e. The van der Waals surface area contributed by atoms with Crippen molar-refractivity contribution in [2.24, 2.45) is 0 Å². The standard InChI is InChI=1S/C11H8Cl2INO/c1-5-10(14)11(16-2)9-7(13)3-6(12)4-8(9)15-5/h3-4H,1-2H3. The minimum absolute atomic E-state index is 0.560. The Morgan fingerprint density at radius 2 is 2.00 bits per heavy atom. The van der Waals surface area contributed by atoms with Crippen LogP contribution >= 0.6 is 45.8 Å². The summed E-state index contributed by atoms with van der Waals surface area (Å²) in [5, 5.41) is 1.95. The molecular formula is C11H8Cl2INO. The molecule has 0 radical (unpaired) electrons. The average molecular weight is 368 g/mol. The summed E-state index contributed by atoms with van der Waals surface area (Å²) in [6.07, 6.45) is 0. The number of ether oxygens (including phenoxy) is 1. The van der Waals surface area contributed by atoms with Gasteiger partial charge in [-0.05, 0) is 41.6 Å². The predicted octanol–water partition coefficient (Wildman–Crippen LogP) is 4.46. The Labute approximate surface area is 117 Å². The van der Waals surface area contributed by atoms with Crippen LogP contribution in [-0.4, -0.2) is 12.1 Å². The monoisotopic (exact) mass is 367 g/mol. The van der Waals surface area contributed by atoms with Crippen LogP contribution < -0.4 is 4.74 Å². The lowest BCUT2D eigenvalue weighted by Crippen LogP contribution is -1.96. The number of hydrogen-bond acceptors (Lipinski definition) is 2. The van der Waals surface area contributed by atoms with Crippen LogP contribution in [0.25, 0.3) is 10.9 Å². The molecule has 0 atom stereocenters. The number of aromatic nitrogens is 1. The molecule has 0 bridgehead atoms. The van der Waals surface area contributed by atoms with Crippen LogP contribution in [0.2, 0.25) is 10.0 Å². The first kappa shape index (κ1) is 12.2. The molecule has 0 aliphatic rings. The summed E-state index contributed by atoms with van der Waals surface area (Å²) in [5.41, 5.74) is 1.66. The van der Waals surface area contributed by atoms with Gasteiger partial charge in [0.2, 0.25) is 0 Å². The zero-order chi connectivity index (χ0) is 11.9. The molecule has 0 amide bonds. The lowest BCUT2D eigenvalue weighted by molar-refractivity contribution is 0.416. The molecule has 0 spiro atoms. The summed E-state index contributed by atoms with van der Waals surface area (Å²) in [6, 6.07) is 3.48. The average Bonchev–Trinajstić information content (AvgIpc) is 2.20. The minimum atomic E-state index is 0.560. The van der Waals surface area contributed by atoms with Crippen molar-refractivity contribution < 1.29 is 4.74 Å². The van der Waals surface area contributed by atoms with E-state index < -0.39 is 0 Å². The van der Waals surface area contributed by atoms with Gasteiger partial charge in [-0.15, -0.1) is 0 Å². The van der Waals surface area contributed by atoms with E-state index in [4.69, 9.17) is 27.9 Å². The zero-order valence-electron chi connectivity index (χ0n) is 8.64. The fraction of sp³-hybridized carbons (Fsp3) is 0.182. The first-order valence-electron chi connectivity index (χ1n) is 4.53. The van der Waals surface area contributed by atoms with E-state index in [2.05, 4.69) is 27.6 Å². The van der Waals surface area contributed by atoms with Gasteiger partial charge in [-0.25, -0.2) is 0 Å². The second-order valence-electron chi connectivity index (χ2n) is 3.33. The van der Waals surface area contributed by atoms with Crippen LogP contribution in [0.4, 0.5) is 0 Å². The fourth-order valence-electron chi connectivity index (χ4n) is 1.57. The number of pyridine rings is 1. The van der Waals surface area contributed by atoms with Gasteiger partial charge in [0.15, 0.2) is 0 Å². The molecular weight excluding hydrogens is 360 g/mol. The minimum Gasteiger partial charge on any atom is -0.495 e. The maximum absolute atomic E-state index is 6.16. The summed E-state index contributed by atoms with van der Waals surface area (Å²) >= 11 is 14.3. The molecule has 2 rings (SSSR count). The van der Waals surface area contributed by atoms with Crippen LogP contribution in [0.5, 0.6) is 5.75 Å². The third-order valence-electron chi connectivity index (χ3n) is 2.27. The lowest BCUT2D eigenvalue weighted by atomic mass is 10.2. The molecule has 0 unspecified atom stereocenters. The molecule has 0 saturated heterocycles. The van der Waals surface area contributed by atoms with Crippen LogP contribution in [0.15, 0.2) is 12.1 Å². The largest absolute Gasteiger partial charge is 0.495 e. The van der Waals surface area contributed by atoms with Gasteiger partial charge < -0.3 is 4.74 Å². The highest BCUT2D eigenvalue weighted by Crippen LogP contribution is 2.37. The molecule has 0 saturated carbocycles. The molecule has 5 heteroatoms. The van der Waals surface area contributed by atoms with Gasteiger partial charge in [-0.3, -0.25) is 4.98 Å². The molecule has 0 fully saturated rings. The quantitative estimate of drug-likeness (QED) is 0.694. The zero-order valence-corrected chi connectivity index (χ0v) is 12.3. The van der Waals surface area contributed by atoms with Gasteiger partial charge in [0.25, 0.3) is 0 Å². The molecule has 1 aromatic carbocycles. The van der Waals surface area contributed by atoms with Gasteiger partial charge in [0.05, 0.1) is 32.3 Å². The van der Waals surface area contributed by atoms with E-state index in [1.165, 1.54) is 0 Å². The highest BCUT2D eigenvalue weighted by Gasteiger charge is 2.14. The van der Waals surface area contributed by atoms with Crippen molar-refractivity contribution in [1.29, 1.82) is 0 Å². The number of benzene rings is 1. The highest BCUT2D eigenvalue weighted by molar-refractivity contribution is 14.1. The first-order valence-corrected chi connectivity index (χ1v) is 6.37. The molecule has 1 aromatic heterocycles. The first-order chi connectivity index (χ1) is 7.54. The van der Waals surface area contributed by atoms with Crippen molar-refractivity contribution in [2.45, 2.75) is 6.92 Å². The summed E-state index contributed by atoms with van der Waals surface area (Å²) in [5.74, 6) is 0.754. The molecule has 0 aliphatic heterocycles. The Morgan fingerprint density at radius 3 is 2.62 bits per heavy atom. The van der Waals surface area contributed by atoms with Crippen molar-refractivity contribution >= 4 is 56.7 Å². The van der Waals surface area contributed by atoms with Crippen LogP contribution in [-0.2, 0) is 0 Å². The SMILES string of the molecule is COc1c(I)c(C)nc2cc(Cl)cc(Cl)c12. The summed E-state index contributed by atoms with van der Waals surface area (Å²) in [7, 11) is 1.63. The molecule has 2 aromatic rings. The van der Waals surface area contributed by atoms with Gasteiger partial charge in [0.1, 0.15) is 5.75 Å². The number of hydrogen-bond donors (Lipinski definition) is 0. The van der Waals surface area contributed by atoms with Gasteiger partial charge in [0, 0.05) is 5.02 Å². The Hall–Kier alpha value is -0.260. The van der Waals surface area contributed by atoms with E-state index in [1.807, 2.05) is 6.92 Å². The Kier molecular flexibility index (Phi) is 3.47. The topological polar surface area (TPSA) is 22.1 Å².